The van der Waals surface area contributed by atoms with Gasteiger partial charge in [0.2, 0.25) is 0 Å². The predicted molar refractivity (Wildman–Crippen MR) is 100 cm³/mol. The van der Waals surface area contributed by atoms with E-state index in [1.165, 1.54) is 6.07 Å². The van der Waals surface area contributed by atoms with E-state index < -0.39 is 11.8 Å². The molecule has 3 rings (SSSR count). The number of hydrogen-bond donors (Lipinski definition) is 1. The van der Waals surface area contributed by atoms with E-state index in [1.54, 1.807) is 36.4 Å². The Balaban J connectivity index is 1.77. The van der Waals surface area contributed by atoms with Crippen LogP contribution in [-0.2, 0) is 4.79 Å². The summed E-state index contributed by atoms with van der Waals surface area (Å²) in [5.74, 6) is -0.396. The highest BCUT2D eigenvalue weighted by atomic mass is 79.9. The van der Waals surface area contributed by atoms with Crippen molar-refractivity contribution in [3.63, 3.8) is 0 Å². The fourth-order valence-corrected chi connectivity index (χ4v) is 3.56. The molecule has 122 valence electrons. The number of amides is 2. The largest absolute Gasteiger partial charge is 0.450 e. The first-order chi connectivity index (χ1) is 11.4. The highest BCUT2D eigenvalue weighted by Crippen LogP contribution is 2.32. The van der Waals surface area contributed by atoms with Gasteiger partial charge in [-0.3, -0.25) is 15.0 Å². The van der Waals surface area contributed by atoms with E-state index in [1.807, 2.05) is 0 Å². The van der Waals surface area contributed by atoms with Gasteiger partial charge in [-0.2, -0.15) is 5.01 Å². The van der Waals surface area contributed by atoms with E-state index in [9.17, 15) is 9.59 Å². The average molecular weight is 444 g/mol. The lowest BCUT2D eigenvalue weighted by molar-refractivity contribution is -0.123. The molecule has 1 aliphatic heterocycles. The van der Waals surface area contributed by atoms with E-state index in [0.29, 0.717) is 25.9 Å². The minimum absolute atomic E-state index is 0.229. The van der Waals surface area contributed by atoms with Gasteiger partial charge in [-0.25, -0.2) is 0 Å². The molecule has 0 unspecified atom stereocenters. The standard InChI is InChI=1S/C15H8BrClN2O3S2/c16-12-5-4-10(22-12)7-11-14(21)19(15(23)24-11)18-13(20)8-2-1-3-9(17)6-8/h1-7H,(H,18,20)/b11-7+. The van der Waals surface area contributed by atoms with Crippen LogP contribution >= 0.6 is 51.5 Å². The molecule has 0 aliphatic carbocycles. The number of thioether (sulfide) groups is 1. The number of nitrogens with zero attached hydrogens (tertiary/aromatic N) is 1. The van der Waals surface area contributed by atoms with Gasteiger partial charge in [0, 0.05) is 16.7 Å². The van der Waals surface area contributed by atoms with Crippen LogP contribution in [0.2, 0.25) is 5.02 Å². The molecule has 9 heteroatoms. The van der Waals surface area contributed by atoms with Crippen LogP contribution in [-0.4, -0.2) is 21.1 Å². The molecule has 1 aromatic heterocycles. The number of hydrazine groups is 1. The quantitative estimate of drug-likeness (QED) is 0.568. The summed E-state index contributed by atoms with van der Waals surface area (Å²) in [5.41, 5.74) is 2.82. The van der Waals surface area contributed by atoms with Crippen molar-refractivity contribution in [3.05, 3.63) is 62.3 Å². The molecule has 1 aliphatic rings. The van der Waals surface area contributed by atoms with Gasteiger partial charge in [-0.05, 0) is 58.5 Å². The Kier molecular flexibility index (Phi) is 5.09. The highest BCUT2D eigenvalue weighted by Gasteiger charge is 2.34. The lowest BCUT2D eigenvalue weighted by Crippen LogP contribution is -2.44. The number of nitrogens with one attached hydrogen (secondary N) is 1. The van der Waals surface area contributed by atoms with Crippen molar-refractivity contribution in [3.8, 4) is 0 Å². The smallest absolute Gasteiger partial charge is 0.285 e. The molecular weight excluding hydrogens is 436 g/mol. The van der Waals surface area contributed by atoms with E-state index >= 15 is 0 Å². The van der Waals surface area contributed by atoms with Crippen LogP contribution in [0.1, 0.15) is 16.1 Å². The van der Waals surface area contributed by atoms with Gasteiger partial charge in [0.05, 0.1) is 4.91 Å². The molecule has 2 aromatic rings. The van der Waals surface area contributed by atoms with Gasteiger partial charge in [-0.1, -0.05) is 29.4 Å². The average Bonchev–Trinajstić information content (AvgIpc) is 3.06. The van der Waals surface area contributed by atoms with Crippen molar-refractivity contribution in [2.24, 2.45) is 0 Å². The zero-order valence-electron chi connectivity index (χ0n) is 11.8. The third kappa shape index (κ3) is 3.72. The molecule has 5 nitrogen and oxygen atoms in total. The summed E-state index contributed by atoms with van der Waals surface area (Å²) < 4.78 is 6.12. The lowest BCUT2D eigenvalue weighted by atomic mass is 10.2. The minimum atomic E-state index is -0.476. The van der Waals surface area contributed by atoms with Crippen LogP contribution in [0, 0.1) is 0 Å². The monoisotopic (exact) mass is 442 g/mol. The molecular formula is C15H8BrClN2O3S2. The molecule has 1 saturated heterocycles. The van der Waals surface area contributed by atoms with Crippen molar-refractivity contribution in [2.75, 3.05) is 0 Å². The second-order valence-electron chi connectivity index (χ2n) is 4.61. The number of carbonyl (C=O) groups is 2. The van der Waals surface area contributed by atoms with Gasteiger partial charge in [0.25, 0.3) is 11.8 Å². The maximum Gasteiger partial charge on any atom is 0.285 e. The number of rotatable bonds is 3. The second kappa shape index (κ2) is 7.10. The third-order valence-corrected chi connectivity index (χ3v) is 4.92. The Morgan fingerprint density at radius 3 is 2.83 bits per heavy atom. The normalized spacial score (nSPS) is 16.1. The second-order valence-corrected chi connectivity index (χ2v) is 7.50. The highest BCUT2D eigenvalue weighted by molar-refractivity contribution is 9.10. The van der Waals surface area contributed by atoms with Gasteiger partial charge in [-0.15, -0.1) is 0 Å². The first-order valence-electron chi connectivity index (χ1n) is 6.54. The Hall–Kier alpha value is -1.61. The molecule has 2 amide bonds. The first kappa shape index (κ1) is 17.2. The zero-order chi connectivity index (χ0) is 17.3. The van der Waals surface area contributed by atoms with Gasteiger partial charge in [0.15, 0.2) is 8.99 Å². The summed E-state index contributed by atoms with van der Waals surface area (Å²) in [5, 5.41) is 1.46. The fourth-order valence-electron chi connectivity index (χ4n) is 1.89. The van der Waals surface area contributed by atoms with Crippen molar-refractivity contribution >= 4 is 73.7 Å². The summed E-state index contributed by atoms with van der Waals surface area (Å²) >= 11 is 15.3. The summed E-state index contributed by atoms with van der Waals surface area (Å²) in [6.45, 7) is 0. The molecule has 1 N–H and O–H groups in total. The lowest BCUT2D eigenvalue weighted by Gasteiger charge is -2.15. The van der Waals surface area contributed by atoms with Crippen LogP contribution < -0.4 is 5.43 Å². The number of halogens is 2. The van der Waals surface area contributed by atoms with Crippen LogP contribution in [0.25, 0.3) is 6.08 Å². The topological polar surface area (TPSA) is 62.6 Å². The summed E-state index contributed by atoms with van der Waals surface area (Å²) in [6.07, 6.45) is 1.57. The maximum atomic E-state index is 12.4. The van der Waals surface area contributed by atoms with Gasteiger partial charge >= 0.3 is 0 Å². The Morgan fingerprint density at radius 2 is 2.17 bits per heavy atom. The molecule has 0 bridgehead atoms. The van der Waals surface area contributed by atoms with Crippen molar-refractivity contribution < 1.29 is 14.0 Å². The van der Waals surface area contributed by atoms with Crippen molar-refractivity contribution in [1.29, 1.82) is 0 Å². The number of furan rings is 1. The van der Waals surface area contributed by atoms with E-state index in [2.05, 4.69) is 21.4 Å². The fraction of sp³-hybridized carbons (Fsp3) is 0. The molecule has 0 radical (unpaired) electrons. The van der Waals surface area contributed by atoms with Gasteiger partial charge < -0.3 is 4.42 Å². The molecule has 0 atom stereocenters. The summed E-state index contributed by atoms with van der Waals surface area (Å²) in [4.78, 5) is 25.0. The number of thiocarbonyl (C=S) groups is 1. The zero-order valence-corrected chi connectivity index (χ0v) is 15.8. The van der Waals surface area contributed by atoms with Crippen LogP contribution in [0.4, 0.5) is 0 Å². The number of benzene rings is 1. The van der Waals surface area contributed by atoms with Crippen LogP contribution in [0.5, 0.6) is 0 Å². The number of carbonyl (C=O) groups excluding carboxylic acids is 2. The van der Waals surface area contributed by atoms with Gasteiger partial charge in [0.1, 0.15) is 5.76 Å². The molecule has 1 aromatic carbocycles. The Bertz CT molecular complexity index is 881. The van der Waals surface area contributed by atoms with E-state index in [4.69, 9.17) is 28.2 Å². The summed E-state index contributed by atoms with van der Waals surface area (Å²) in [6, 6.07) is 9.83. The Morgan fingerprint density at radius 1 is 1.38 bits per heavy atom. The molecule has 0 spiro atoms. The summed E-state index contributed by atoms with van der Waals surface area (Å²) in [7, 11) is 0. The van der Waals surface area contributed by atoms with E-state index in [0.717, 1.165) is 16.8 Å². The molecule has 2 heterocycles. The van der Waals surface area contributed by atoms with E-state index in [-0.39, 0.29) is 4.32 Å². The minimum Gasteiger partial charge on any atom is -0.450 e. The maximum absolute atomic E-state index is 12.4. The van der Waals surface area contributed by atoms with Crippen molar-refractivity contribution in [2.45, 2.75) is 0 Å². The van der Waals surface area contributed by atoms with Crippen LogP contribution in [0.3, 0.4) is 0 Å². The third-order valence-electron chi connectivity index (χ3n) is 2.96. The Labute approximate surface area is 160 Å². The van der Waals surface area contributed by atoms with Crippen LogP contribution in [0.15, 0.2) is 50.4 Å². The molecule has 0 saturated carbocycles. The SMILES string of the molecule is O=C(NN1C(=O)/C(=C\c2ccc(Br)o2)SC1=S)c1cccc(Cl)c1. The van der Waals surface area contributed by atoms with Crippen molar-refractivity contribution in [1.82, 2.24) is 10.4 Å². The predicted octanol–water partition coefficient (Wildman–Crippen LogP) is 4.24. The molecule has 24 heavy (non-hydrogen) atoms. The first-order valence-corrected chi connectivity index (χ1v) is 8.93. The number of hydrogen-bond acceptors (Lipinski definition) is 5. The molecule has 1 fully saturated rings.